The smallest absolute Gasteiger partial charge is 0.304 e. The van der Waals surface area contributed by atoms with Crippen molar-refractivity contribution in [1.82, 2.24) is 4.90 Å². The molecule has 5 rings (SSSR count). The molecule has 2 aliphatic rings. The Bertz CT molecular complexity index is 1580. The third-order valence-electron chi connectivity index (χ3n) is 7.98. The van der Waals surface area contributed by atoms with Gasteiger partial charge < -0.3 is 19.8 Å². The monoisotopic (exact) mass is 597 g/mol. The van der Waals surface area contributed by atoms with Crippen LogP contribution in [-0.2, 0) is 36.1 Å². The Hall–Kier alpha value is -4.80. The van der Waals surface area contributed by atoms with Crippen LogP contribution in [0.4, 0.5) is 17.1 Å². The third kappa shape index (κ3) is 5.86. The molecule has 1 fully saturated rings. The van der Waals surface area contributed by atoms with Crippen LogP contribution in [0.1, 0.15) is 37.8 Å². The fourth-order valence-corrected chi connectivity index (χ4v) is 5.68. The SMILES string of the molecule is CC(=O)OC1CC(=O)N1c1ccc2c(c1)[C@](O)([C@@H](C)/C=C/CC(=O)N(CCO)Cc1ccccc1)C(=O)N2c1ccccc1. The Balaban J connectivity index is 1.43. The van der Waals surface area contributed by atoms with Crippen LogP contribution in [0.3, 0.4) is 0 Å². The Labute approximate surface area is 255 Å². The first kappa shape index (κ1) is 30.7. The molecular weight excluding hydrogens is 562 g/mol. The molecule has 3 amide bonds. The van der Waals surface area contributed by atoms with E-state index in [1.54, 1.807) is 66.4 Å². The molecule has 228 valence electrons. The molecule has 3 atom stereocenters. The number of nitrogens with zero attached hydrogens (tertiary/aromatic N) is 3. The fourth-order valence-electron chi connectivity index (χ4n) is 5.68. The van der Waals surface area contributed by atoms with E-state index in [1.165, 1.54) is 16.7 Å². The standard InChI is InChI=1S/C34H35N3O7/c1-23(10-9-15-30(40)35(18-19-38)22-25-11-5-3-6-12-25)34(43)28-20-27(37-31(41)21-32(37)44-24(2)39)16-17-29(28)36(33(34)42)26-13-7-4-8-14-26/h3-14,16-17,20,23,32,38,43H,15,18-19,21-22H2,1-2H3/b10-9+/t23-,32?,34+/m0/s1. The van der Waals surface area contributed by atoms with Crippen LogP contribution in [0.15, 0.2) is 91.0 Å². The summed E-state index contributed by atoms with van der Waals surface area (Å²) in [5.74, 6) is -2.33. The highest BCUT2D eigenvalue weighted by Gasteiger charge is 2.54. The number of carbonyl (C=O) groups excluding carboxylic acids is 4. The van der Waals surface area contributed by atoms with E-state index in [0.29, 0.717) is 29.2 Å². The van der Waals surface area contributed by atoms with Crippen LogP contribution in [0, 0.1) is 5.92 Å². The normalized spacial score (nSPS) is 20.0. The summed E-state index contributed by atoms with van der Waals surface area (Å²) in [5, 5.41) is 21.7. The summed E-state index contributed by atoms with van der Waals surface area (Å²) in [6.45, 7) is 3.29. The first-order chi connectivity index (χ1) is 21.1. The summed E-state index contributed by atoms with van der Waals surface area (Å²) in [4.78, 5) is 55.5. The van der Waals surface area contributed by atoms with Crippen LogP contribution < -0.4 is 9.80 Å². The van der Waals surface area contributed by atoms with Gasteiger partial charge in [0.2, 0.25) is 11.8 Å². The second-order valence-corrected chi connectivity index (χ2v) is 10.9. The summed E-state index contributed by atoms with van der Waals surface area (Å²) in [5.41, 5.74) is 0.604. The van der Waals surface area contributed by atoms with E-state index in [9.17, 15) is 29.4 Å². The molecular formula is C34H35N3O7. The first-order valence-electron chi connectivity index (χ1n) is 14.5. The zero-order chi connectivity index (χ0) is 31.4. The maximum Gasteiger partial charge on any atom is 0.304 e. The summed E-state index contributed by atoms with van der Waals surface area (Å²) < 4.78 is 5.27. The molecule has 0 saturated carbocycles. The molecule has 2 N–H and O–H groups in total. The van der Waals surface area contributed by atoms with Gasteiger partial charge in [-0.1, -0.05) is 67.6 Å². The number of esters is 1. The molecule has 3 aromatic rings. The van der Waals surface area contributed by atoms with Crippen LogP contribution >= 0.6 is 0 Å². The van der Waals surface area contributed by atoms with Crippen LogP contribution in [0.2, 0.25) is 0 Å². The number of anilines is 3. The maximum absolute atomic E-state index is 14.0. The molecule has 0 radical (unpaired) electrons. The molecule has 3 aromatic carbocycles. The number of benzene rings is 3. The number of β-lactam (4-membered cyclic amide) rings is 1. The number of rotatable bonds is 11. The minimum Gasteiger partial charge on any atom is -0.441 e. The van der Waals surface area contributed by atoms with E-state index in [2.05, 4.69) is 0 Å². The second kappa shape index (κ2) is 12.8. The van der Waals surface area contributed by atoms with Crippen LogP contribution in [0.5, 0.6) is 0 Å². The predicted molar refractivity (Wildman–Crippen MR) is 163 cm³/mol. The molecule has 0 bridgehead atoms. The number of carbonyl (C=O) groups is 4. The number of fused-ring (bicyclic) bond motifs is 1. The Morgan fingerprint density at radius 1 is 1.05 bits per heavy atom. The minimum atomic E-state index is -2.03. The molecule has 0 spiro atoms. The summed E-state index contributed by atoms with van der Waals surface area (Å²) in [6, 6.07) is 23.3. The van der Waals surface area contributed by atoms with Crippen molar-refractivity contribution in [3.05, 3.63) is 102 Å². The Kier molecular flexibility index (Phi) is 8.93. The zero-order valence-electron chi connectivity index (χ0n) is 24.6. The number of amides is 3. The Morgan fingerprint density at radius 2 is 1.73 bits per heavy atom. The zero-order valence-corrected chi connectivity index (χ0v) is 24.6. The van der Waals surface area contributed by atoms with Crippen molar-refractivity contribution < 1.29 is 34.1 Å². The lowest BCUT2D eigenvalue weighted by Gasteiger charge is -2.39. The number of ether oxygens (including phenoxy) is 1. The van der Waals surface area contributed by atoms with Crippen molar-refractivity contribution >= 4 is 40.8 Å². The van der Waals surface area contributed by atoms with Gasteiger partial charge in [0.1, 0.15) is 0 Å². The summed E-state index contributed by atoms with van der Waals surface area (Å²) in [6.07, 6.45) is 2.54. The average molecular weight is 598 g/mol. The van der Waals surface area contributed by atoms with Gasteiger partial charge in [0, 0.05) is 49.3 Å². The van der Waals surface area contributed by atoms with Gasteiger partial charge in [-0.25, -0.2) is 0 Å². The molecule has 10 nitrogen and oxygen atoms in total. The number of aliphatic hydroxyl groups excluding tert-OH is 1. The highest BCUT2D eigenvalue weighted by molar-refractivity contribution is 6.13. The fraction of sp³-hybridized carbons (Fsp3) is 0.294. The van der Waals surface area contributed by atoms with Crippen molar-refractivity contribution in [2.75, 3.05) is 23.0 Å². The van der Waals surface area contributed by atoms with E-state index >= 15 is 0 Å². The number of hydrogen-bond donors (Lipinski definition) is 2. The molecule has 44 heavy (non-hydrogen) atoms. The van der Waals surface area contributed by atoms with Gasteiger partial charge >= 0.3 is 5.97 Å². The molecule has 0 aromatic heterocycles. The van der Waals surface area contributed by atoms with Crippen molar-refractivity contribution in [1.29, 1.82) is 0 Å². The van der Waals surface area contributed by atoms with Gasteiger partial charge in [0.05, 0.1) is 18.7 Å². The van der Waals surface area contributed by atoms with Gasteiger partial charge in [-0.2, -0.15) is 0 Å². The van der Waals surface area contributed by atoms with Crippen molar-refractivity contribution in [3.8, 4) is 0 Å². The lowest BCUT2D eigenvalue weighted by atomic mass is 9.82. The van der Waals surface area contributed by atoms with Crippen molar-refractivity contribution in [2.45, 2.75) is 45.1 Å². The maximum atomic E-state index is 14.0. The third-order valence-corrected chi connectivity index (χ3v) is 7.98. The highest BCUT2D eigenvalue weighted by atomic mass is 16.6. The first-order valence-corrected chi connectivity index (χ1v) is 14.5. The van der Waals surface area contributed by atoms with E-state index in [-0.39, 0.29) is 37.8 Å². The lowest BCUT2D eigenvalue weighted by molar-refractivity contribution is -0.154. The predicted octanol–water partition coefficient (Wildman–Crippen LogP) is 3.78. The summed E-state index contributed by atoms with van der Waals surface area (Å²) >= 11 is 0. The molecule has 1 unspecified atom stereocenters. The average Bonchev–Trinajstić information content (AvgIpc) is 3.23. The second-order valence-electron chi connectivity index (χ2n) is 10.9. The molecule has 10 heteroatoms. The minimum absolute atomic E-state index is 0.00306. The van der Waals surface area contributed by atoms with E-state index in [4.69, 9.17) is 4.74 Å². The van der Waals surface area contributed by atoms with Gasteiger partial charge in [-0.05, 0) is 35.9 Å². The summed E-state index contributed by atoms with van der Waals surface area (Å²) in [7, 11) is 0. The molecule has 2 heterocycles. The molecule has 1 saturated heterocycles. The van der Waals surface area contributed by atoms with Crippen LogP contribution in [-0.4, -0.2) is 58.2 Å². The van der Waals surface area contributed by atoms with Gasteiger partial charge in [0.25, 0.3) is 5.91 Å². The van der Waals surface area contributed by atoms with E-state index in [1.807, 2.05) is 36.4 Å². The van der Waals surface area contributed by atoms with Crippen molar-refractivity contribution in [3.63, 3.8) is 0 Å². The van der Waals surface area contributed by atoms with Crippen molar-refractivity contribution in [2.24, 2.45) is 5.92 Å². The van der Waals surface area contributed by atoms with Gasteiger partial charge in [-0.15, -0.1) is 0 Å². The van der Waals surface area contributed by atoms with Gasteiger partial charge in [0.15, 0.2) is 11.8 Å². The van der Waals surface area contributed by atoms with Gasteiger partial charge in [-0.3, -0.25) is 29.0 Å². The highest BCUT2D eigenvalue weighted by Crippen LogP contribution is 2.50. The Morgan fingerprint density at radius 3 is 2.36 bits per heavy atom. The quantitative estimate of drug-likeness (QED) is 0.196. The number of hydrogen-bond acceptors (Lipinski definition) is 7. The number of para-hydroxylation sites is 1. The van der Waals surface area contributed by atoms with E-state index in [0.717, 1.165) is 5.56 Å². The molecule has 0 aliphatic carbocycles. The van der Waals surface area contributed by atoms with Crippen LogP contribution in [0.25, 0.3) is 0 Å². The topological polar surface area (TPSA) is 128 Å². The number of aliphatic hydroxyl groups is 2. The lowest BCUT2D eigenvalue weighted by Crippen LogP contribution is -2.55. The molecule has 2 aliphatic heterocycles. The van der Waals surface area contributed by atoms with E-state index < -0.39 is 29.6 Å². The largest absolute Gasteiger partial charge is 0.441 e.